The Kier molecular flexibility index (Phi) is 3.18. The number of hydrogen-bond acceptors (Lipinski definition) is 1. The molecule has 0 saturated heterocycles. The molecule has 0 atom stereocenters. The summed E-state index contributed by atoms with van der Waals surface area (Å²) in [5, 5.41) is 1.06. The van der Waals surface area contributed by atoms with Gasteiger partial charge in [-0.3, -0.25) is 5.32 Å². The summed E-state index contributed by atoms with van der Waals surface area (Å²) >= 11 is 5.30. The highest BCUT2D eigenvalue weighted by molar-refractivity contribution is 6.31. The first-order valence-electron chi connectivity index (χ1n) is 3.64. The van der Waals surface area contributed by atoms with E-state index in [-0.39, 0.29) is 5.69 Å². The third kappa shape index (κ3) is 3.09. The van der Waals surface area contributed by atoms with Gasteiger partial charge in [0.15, 0.2) is 0 Å². The molecule has 7 heteroatoms. The quantitative estimate of drug-likeness (QED) is 0.451. The maximum Gasteiger partial charge on any atom is 0.417 e. The van der Waals surface area contributed by atoms with E-state index >= 15 is 0 Å². The molecule has 1 aromatic carbocycles. The molecule has 1 aromatic rings. The minimum Gasteiger partial charge on any atom is -0.298 e. The van der Waals surface area contributed by atoms with Gasteiger partial charge in [-0.25, -0.2) is 4.79 Å². The number of amides is 1. The number of rotatable bonds is 1. The maximum absolute atomic E-state index is 12.2. The van der Waals surface area contributed by atoms with Crippen LogP contribution in [0.25, 0.3) is 0 Å². The van der Waals surface area contributed by atoms with Crippen LogP contribution in [-0.4, -0.2) is 6.16 Å². The average molecular weight is 242 g/mol. The summed E-state index contributed by atoms with van der Waals surface area (Å²) in [5.74, 6) is 0. The van der Waals surface area contributed by atoms with E-state index < -0.39 is 22.9 Å². The fourth-order valence-electron chi connectivity index (χ4n) is 0.936. The van der Waals surface area contributed by atoms with Crippen molar-refractivity contribution in [1.82, 2.24) is 0 Å². The lowest BCUT2D eigenvalue weighted by molar-refractivity contribution is -0.137. The van der Waals surface area contributed by atoms with Crippen molar-refractivity contribution in [1.29, 1.82) is 0 Å². The zero-order valence-electron chi connectivity index (χ0n) is 7.03. The molecule has 0 aliphatic carbocycles. The van der Waals surface area contributed by atoms with Gasteiger partial charge >= 0.3 is 12.3 Å². The summed E-state index contributed by atoms with van der Waals surface area (Å²) in [7, 11) is 0. The van der Waals surface area contributed by atoms with Crippen LogP contribution in [-0.2, 0) is 6.18 Å². The van der Waals surface area contributed by atoms with Crippen LogP contribution in [0.4, 0.5) is 28.0 Å². The van der Waals surface area contributed by atoms with E-state index in [1.165, 1.54) is 0 Å². The van der Waals surface area contributed by atoms with Crippen molar-refractivity contribution in [2.45, 2.75) is 6.18 Å². The smallest absolute Gasteiger partial charge is 0.298 e. The zero-order valence-corrected chi connectivity index (χ0v) is 7.79. The molecule has 0 aromatic heterocycles. The SMILES string of the molecule is O=C(F)Nc1ccc(C(F)(F)F)c(Cl)c1. The molecule has 0 aliphatic rings. The van der Waals surface area contributed by atoms with E-state index in [1.54, 1.807) is 5.32 Å². The lowest BCUT2D eigenvalue weighted by Gasteiger charge is -2.09. The van der Waals surface area contributed by atoms with Gasteiger partial charge in [-0.15, -0.1) is 4.39 Å². The molecule has 0 bridgehead atoms. The monoisotopic (exact) mass is 241 g/mol. The molecule has 0 unspecified atom stereocenters. The summed E-state index contributed by atoms with van der Waals surface area (Å²) in [5.41, 5.74) is -1.18. The van der Waals surface area contributed by atoms with Crippen LogP contribution in [0.15, 0.2) is 18.2 Å². The number of hydrogen-bond donors (Lipinski definition) is 1. The first kappa shape index (κ1) is 11.8. The molecule has 2 nitrogen and oxygen atoms in total. The van der Waals surface area contributed by atoms with Gasteiger partial charge in [0.05, 0.1) is 10.6 Å². The second kappa shape index (κ2) is 4.06. The molecule has 0 heterocycles. The predicted octanol–water partition coefficient (Wildman–Crippen LogP) is 3.86. The van der Waals surface area contributed by atoms with Crippen molar-refractivity contribution >= 4 is 23.4 Å². The second-order valence-corrected chi connectivity index (χ2v) is 3.00. The number of carbonyl (C=O) groups excluding carboxylic acids is 1. The Labute approximate surface area is 86.8 Å². The highest BCUT2D eigenvalue weighted by Gasteiger charge is 2.33. The van der Waals surface area contributed by atoms with Crippen molar-refractivity contribution in [2.75, 3.05) is 5.32 Å². The average Bonchev–Trinajstić information content (AvgIpc) is 1.99. The van der Waals surface area contributed by atoms with Gasteiger partial charge in [0, 0.05) is 5.69 Å². The van der Waals surface area contributed by atoms with Gasteiger partial charge in [-0.1, -0.05) is 11.6 Å². The molecular weight excluding hydrogens is 238 g/mol. The Morgan fingerprint density at radius 1 is 1.33 bits per heavy atom. The Morgan fingerprint density at radius 2 is 1.93 bits per heavy atom. The molecule has 0 fully saturated rings. The molecule has 0 spiro atoms. The normalized spacial score (nSPS) is 11.3. The third-order valence-corrected chi connectivity index (χ3v) is 1.83. The van der Waals surface area contributed by atoms with E-state index in [0.29, 0.717) is 6.07 Å². The van der Waals surface area contributed by atoms with E-state index in [1.807, 2.05) is 0 Å². The van der Waals surface area contributed by atoms with Gasteiger partial charge < -0.3 is 0 Å². The molecule has 1 rings (SSSR count). The highest BCUT2D eigenvalue weighted by Crippen LogP contribution is 2.35. The van der Waals surface area contributed by atoms with Crippen molar-refractivity contribution in [3.63, 3.8) is 0 Å². The van der Waals surface area contributed by atoms with Gasteiger partial charge in [-0.2, -0.15) is 13.2 Å². The highest BCUT2D eigenvalue weighted by atomic mass is 35.5. The molecule has 15 heavy (non-hydrogen) atoms. The van der Waals surface area contributed by atoms with Gasteiger partial charge in [0.2, 0.25) is 0 Å². The molecule has 0 aliphatic heterocycles. The van der Waals surface area contributed by atoms with E-state index in [0.717, 1.165) is 12.1 Å². The van der Waals surface area contributed by atoms with Crippen LogP contribution < -0.4 is 5.32 Å². The zero-order chi connectivity index (χ0) is 11.6. The Bertz CT molecular complexity index is 391. The predicted molar refractivity (Wildman–Crippen MR) is 46.6 cm³/mol. The fourth-order valence-corrected chi connectivity index (χ4v) is 1.22. The largest absolute Gasteiger partial charge is 0.417 e. The van der Waals surface area contributed by atoms with Crippen LogP contribution in [0.5, 0.6) is 0 Å². The lowest BCUT2D eigenvalue weighted by Crippen LogP contribution is -2.07. The van der Waals surface area contributed by atoms with E-state index in [9.17, 15) is 22.4 Å². The Hall–Kier alpha value is -1.30. The molecule has 0 saturated carbocycles. The number of alkyl halides is 3. The minimum absolute atomic E-state index is 0.138. The number of nitrogens with one attached hydrogen (secondary N) is 1. The summed E-state index contributed by atoms with van der Waals surface area (Å²) in [6, 6.07) is 2.39. The summed E-state index contributed by atoms with van der Waals surface area (Å²) < 4.78 is 48.4. The van der Waals surface area contributed by atoms with Crippen molar-refractivity contribution in [2.24, 2.45) is 0 Å². The van der Waals surface area contributed by atoms with Gasteiger partial charge in [0.25, 0.3) is 0 Å². The molecular formula is C8H4ClF4NO. The first-order chi connectivity index (χ1) is 6.80. The van der Waals surface area contributed by atoms with Gasteiger partial charge in [-0.05, 0) is 18.2 Å². The Morgan fingerprint density at radius 3 is 2.33 bits per heavy atom. The van der Waals surface area contributed by atoms with Crippen LogP contribution in [0.1, 0.15) is 5.56 Å². The maximum atomic E-state index is 12.2. The molecule has 82 valence electrons. The second-order valence-electron chi connectivity index (χ2n) is 2.59. The topological polar surface area (TPSA) is 29.1 Å². The van der Waals surface area contributed by atoms with Crippen molar-refractivity contribution in [3.05, 3.63) is 28.8 Å². The van der Waals surface area contributed by atoms with E-state index in [2.05, 4.69) is 0 Å². The third-order valence-electron chi connectivity index (χ3n) is 1.52. The fraction of sp³-hybridized carbons (Fsp3) is 0.125. The van der Waals surface area contributed by atoms with Crippen LogP contribution in [0.2, 0.25) is 5.02 Å². The summed E-state index contributed by atoms with van der Waals surface area (Å²) in [6.45, 7) is 0. The Balaban J connectivity index is 3.04. The van der Waals surface area contributed by atoms with Crippen LogP contribution in [0, 0.1) is 0 Å². The van der Waals surface area contributed by atoms with E-state index in [4.69, 9.17) is 11.6 Å². The number of halogens is 5. The minimum atomic E-state index is -4.57. The molecule has 0 radical (unpaired) electrons. The number of benzene rings is 1. The van der Waals surface area contributed by atoms with Crippen LogP contribution in [0.3, 0.4) is 0 Å². The standard InChI is InChI=1S/C8H4ClF4NO/c9-6-3-4(14-7(10)15)1-2-5(6)8(11,12)13/h1-3H,(H,14,15). The first-order valence-corrected chi connectivity index (χ1v) is 4.02. The lowest BCUT2D eigenvalue weighted by atomic mass is 10.2. The van der Waals surface area contributed by atoms with Crippen molar-refractivity contribution < 1.29 is 22.4 Å². The summed E-state index contributed by atoms with van der Waals surface area (Å²) in [6.07, 6.45) is -6.44. The van der Waals surface area contributed by atoms with Crippen LogP contribution >= 0.6 is 11.6 Å². The molecule has 1 amide bonds. The summed E-state index contributed by atoms with van der Waals surface area (Å²) in [4.78, 5) is 9.96. The van der Waals surface area contributed by atoms with Crippen molar-refractivity contribution in [3.8, 4) is 0 Å². The molecule has 1 N–H and O–H groups in total. The number of carbonyl (C=O) groups is 1. The van der Waals surface area contributed by atoms with Gasteiger partial charge in [0.1, 0.15) is 0 Å². The number of anilines is 1.